The maximum Gasteiger partial charge on any atom is 0.220 e. The van der Waals surface area contributed by atoms with E-state index in [0.717, 1.165) is 30.8 Å². The highest BCUT2D eigenvalue weighted by atomic mass is 35.5. The fraction of sp³-hybridized carbons (Fsp3) is 0.588. The Labute approximate surface area is 139 Å². The number of hydrogen-bond donors (Lipinski definition) is 2. The van der Waals surface area contributed by atoms with E-state index in [9.17, 15) is 4.79 Å². The van der Waals surface area contributed by atoms with Crippen molar-refractivity contribution in [2.45, 2.75) is 38.6 Å². The number of rotatable bonds is 5. The number of para-hydroxylation sites is 1. The quantitative estimate of drug-likeness (QED) is 0.874. The summed E-state index contributed by atoms with van der Waals surface area (Å²) in [7, 11) is 1.67. The first kappa shape index (κ1) is 18.8. The summed E-state index contributed by atoms with van der Waals surface area (Å²) in [6.07, 6.45) is 1.51. The Bertz CT molecular complexity index is 481. The molecule has 1 aliphatic heterocycles. The van der Waals surface area contributed by atoms with Crippen molar-refractivity contribution < 1.29 is 9.53 Å². The van der Waals surface area contributed by atoms with Crippen LogP contribution in [0.5, 0.6) is 5.75 Å². The van der Waals surface area contributed by atoms with Gasteiger partial charge in [0.2, 0.25) is 5.91 Å². The number of nitrogens with one attached hydrogen (secondary N) is 2. The van der Waals surface area contributed by atoms with Crippen LogP contribution in [0.1, 0.15) is 38.2 Å². The number of ether oxygens (including phenoxy) is 1. The minimum Gasteiger partial charge on any atom is -0.496 e. The summed E-state index contributed by atoms with van der Waals surface area (Å²) in [6, 6.07) is 8.21. The van der Waals surface area contributed by atoms with E-state index in [1.165, 1.54) is 0 Å². The third-order valence-electron chi connectivity index (χ3n) is 4.29. The SMILES string of the molecule is COc1ccccc1C(C)CC(=O)NC1CCNCC1C.Cl. The second-order valence-electron chi connectivity index (χ2n) is 5.99. The Morgan fingerprint density at radius 1 is 1.45 bits per heavy atom. The lowest BCUT2D eigenvalue weighted by Gasteiger charge is -2.30. The van der Waals surface area contributed by atoms with E-state index in [0.29, 0.717) is 18.4 Å². The second kappa shape index (κ2) is 9.01. The van der Waals surface area contributed by atoms with Gasteiger partial charge < -0.3 is 15.4 Å². The number of amides is 1. The molecule has 2 rings (SSSR count). The maximum absolute atomic E-state index is 12.3. The lowest BCUT2D eigenvalue weighted by molar-refractivity contribution is -0.122. The topological polar surface area (TPSA) is 50.4 Å². The van der Waals surface area contributed by atoms with E-state index < -0.39 is 0 Å². The fourth-order valence-electron chi connectivity index (χ4n) is 2.96. The van der Waals surface area contributed by atoms with Gasteiger partial charge in [0.15, 0.2) is 0 Å². The van der Waals surface area contributed by atoms with Crippen LogP contribution in [0.15, 0.2) is 24.3 Å². The summed E-state index contributed by atoms with van der Waals surface area (Å²) in [4.78, 5) is 12.3. The van der Waals surface area contributed by atoms with Crippen LogP contribution in [-0.4, -0.2) is 32.1 Å². The molecule has 0 bridgehead atoms. The molecule has 0 radical (unpaired) electrons. The smallest absolute Gasteiger partial charge is 0.220 e. The zero-order valence-corrected chi connectivity index (χ0v) is 14.4. The third kappa shape index (κ3) is 4.89. The van der Waals surface area contributed by atoms with Crippen molar-refractivity contribution in [1.82, 2.24) is 10.6 Å². The van der Waals surface area contributed by atoms with E-state index in [-0.39, 0.29) is 24.2 Å². The first-order valence-corrected chi connectivity index (χ1v) is 7.74. The van der Waals surface area contributed by atoms with E-state index in [2.05, 4.69) is 24.5 Å². The Morgan fingerprint density at radius 2 is 2.18 bits per heavy atom. The monoisotopic (exact) mass is 326 g/mol. The van der Waals surface area contributed by atoms with Gasteiger partial charge >= 0.3 is 0 Å². The highest BCUT2D eigenvalue weighted by molar-refractivity contribution is 5.85. The minimum absolute atomic E-state index is 0. The van der Waals surface area contributed by atoms with Crippen molar-refractivity contribution in [3.63, 3.8) is 0 Å². The summed E-state index contributed by atoms with van der Waals surface area (Å²) in [5.74, 6) is 1.63. The molecular formula is C17H27ClN2O2. The number of halogens is 1. The molecule has 1 saturated heterocycles. The number of carbonyl (C=O) groups excluding carboxylic acids is 1. The van der Waals surface area contributed by atoms with Crippen molar-refractivity contribution in [3.05, 3.63) is 29.8 Å². The molecule has 3 unspecified atom stereocenters. The summed E-state index contributed by atoms with van der Waals surface area (Å²) in [5.41, 5.74) is 1.09. The zero-order chi connectivity index (χ0) is 15.2. The van der Waals surface area contributed by atoms with Crippen LogP contribution >= 0.6 is 12.4 Å². The zero-order valence-electron chi connectivity index (χ0n) is 13.6. The number of carbonyl (C=O) groups is 1. The Morgan fingerprint density at radius 3 is 2.86 bits per heavy atom. The number of piperidine rings is 1. The first-order chi connectivity index (χ1) is 10.1. The van der Waals surface area contributed by atoms with E-state index >= 15 is 0 Å². The molecule has 0 spiro atoms. The fourth-order valence-corrected chi connectivity index (χ4v) is 2.96. The maximum atomic E-state index is 12.3. The van der Waals surface area contributed by atoms with Crippen molar-refractivity contribution in [2.75, 3.05) is 20.2 Å². The standard InChI is InChI=1S/C17H26N2O2.ClH/c1-12(14-6-4-5-7-16(14)21-3)10-17(20)19-15-8-9-18-11-13(15)2;/h4-7,12-13,15,18H,8-11H2,1-3H3,(H,19,20);1H. The molecule has 5 heteroatoms. The van der Waals surface area contributed by atoms with Crippen LogP contribution in [0.2, 0.25) is 0 Å². The molecule has 2 N–H and O–H groups in total. The molecule has 3 atom stereocenters. The molecular weight excluding hydrogens is 300 g/mol. The molecule has 1 fully saturated rings. The molecule has 124 valence electrons. The summed E-state index contributed by atoms with van der Waals surface area (Å²) in [6.45, 7) is 6.22. The van der Waals surface area contributed by atoms with Gasteiger partial charge in [-0.3, -0.25) is 4.79 Å². The lowest BCUT2D eigenvalue weighted by Crippen LogP contribution is -2.48. The highest BCUT2D eigenvalue weighted by Crippen LogP contribution is 2.28. The van der Waals surface area contributed by atoms with Crippen LogP contribution in [0.4, 0.5) is 0 Å². The van der Waals surface area contributed by atoms with E-state index in [1.807, 2.05) is 24.3 Å². The van der Waals surface area contributed by atoms with Gasteiger partial charge in [-0.15, -0.1) is 12.4 Å². The predicted octanol–water partition coefficient (Wildman–Crippen LogP) is 2.72. The molecule has 4 nitrogen and oxygen atoms in total. The molecule has 1 amide bonds. The predicted molar refractivity (Wildman–Crippen MR) is 91.9 cm³/mol. The van der Waals surface area contributed by atoms with Gasteiger partial charge in [-0.25, -0.2) is 0 Å². The Kier molecular flexibility index (Phi) is 7.69. The van der Waals surface area contributed by atoms with Gasteiger partial charge in [-0.05, 0) is 43.0 Å². The van der Waals surface area contributed by atoms with Crippen molar-refractivity contribution in [3.8, 4) is 5.75 Å². The van der Waals surface area contributed by atoms with Crippen LogP contribution in [0, 0.1) is 5.92 Å². The Balaban J connectivity index is 0.00000242. The largest absolute Gasteiger partial charge is 0.496 e. The molecule has 1 aliphatic rings. The molecule has 1 heterocycles. The average Bonchev–Trinajstić information content (AvgIpc) is 2.49. The highest BCUT2D eigenvalue weighted by Gasteiger charge is 2.23. The number of benzene rings is 1. The first-order valence-electron chi connectivity index (χ1n) is 7.74. The molecule has 0 aromatic heterocycles. The van der Waals surface area contributed by atoms with Crippen LogP contribution < -0.4 is 15.4 Å². The van der Waals surface area contributed by atoms with E-state index in [4.69, 9.17) is 4.74 Å². The molecule has 22 heavy (non-hydrogen) atoms. The van der Waals surface area contributed by atoms with Crippen LogP contribution in [-0.2, 0) is 4.79 Å². The lowest BCUT2D eigenvalue weighted by atomic mass is 9.93. The number of hydrogen-bond acceptors (Lipinski definition) is 3. The molecule has 1 aromatic rings. The summed E-state index contributed by atoms with van der Waals surface area (Å²) >= 11 is 0. The molecule has 0 saturated carbocycles. The van der Waals surface area contributed by atoms with Gasteiger partial charge in [0, 0.05) is 12.5 Å². The second-order valence-corrected chi connectivity index (χ2v) is 5.99. The van der Waals surface area contributed by atoms with Gasteiger partial charge in [0.05, 0.1) is 7.11 Å². The van der Waals surface area contributed by atoms with E-state index in [1.54, 1.807) is 7.11 Å². The van der Waals surface area contributed by atoms with Crippen molar-refractivity contribution in [1.29, 1.82) is 0 Å². The molecule has 0 aliphatic carbocycles. The van der Waals surface area contributed by atoms with Crippen LogP contribution in [0.3, 0.4) is 0 Å². The van der Waals surface area contributed by atoms with Crippen LogP contribution in [0.25, 0.3) is 0 Å². The summed E-state index contributed by atoms with van der Waals surface area (Å²) < 4.78 is 5.38. The minimum atomic E-state index is 0. The Hall–Kier alpha value is -1.26. The summed E-state index contributed by atoms with van der Waals surface area (Å²) in [5, 5.41) is 6.54. The third-order valence-corrected chi connectivity index (χ3v) is 4.29. The van der Waals surface area contributed by atoms with Crippen molar-refractivity contribution in [2.24, 2.45) is 5.92 Å². The van der Waals surface area contributed by atoms with Gasteiger partial charge in [-0.2, -0.15) is 0 Å². The average molecular weight is 327 g/mol. The van der Waals surface area contributed by atoms with Crippen molar-refractivity contribution >= 4 is 18.3 Å². The molecule has 1 aromatic carbocycles. The van der Waals surface area contributed by atoms with Gasteiger partial charge in [-0.1, -0.05) is 32.0 Å². The van der Waals surface area contributed by atoms with Gasteiger partial charge in [0.1, 0.15) is 5.75 Å². The van der Waals surface area contributed by atoms with Gasteiger partial charge in [0.25, 0.3) is 0 Å². The normalized spacial score (nSPS) is 22.3. The number of methoxy groups -OCH3 is 1.